The summed E-state index contributed by atoms with van der Waals surface area (Å²) in [7, 11) is 0. The minimum Gasteiger partial charge on any atom is -0.393 e. The quantitative estimate of drug-likeness (QED) is 0.700. The molecule has 0 radical (unpaired) electrons. The first-order valence-corrected chi connectivity index (χ1v) is 6.31. The average Bonchev–Trinajstić information content (AvgIpc) is 2.19. The highest BCUT2D eigenvalue weighted by molar-refractivity contribution is 7.80. The molecule has 0 aromatic rings. The molecule has 3 heteroatoms. The zero-order valence-corrected chi connectivity index (χ0v) is 10.2. The van der Waals surface area contributed by atoms with Gasteiger partial charge < -0.3 is 10.0 Å². The molecule has 0 aromatic heterocycles. The van der Waals surface area contributed by atoms with Crippen molar-refractivity contribution in [3.63, 3.8) is 0 Å². The summed E-state index contributed by atoms with van der Waals surface area (Å²) in [5.74, 6) is 2.12. The number of rotatable bonds is 4. The molecular formula is C11H23NOS. The molecule has 0 bridgehead atoms. The fraction of sp³-hybridized carbons (Fsp3) is 1.00. The van der Waals surface area contributed by atoms with Gasteiger partial charge in [-0.1, -0.05) is 20.3 Å². The van der Waals surface area contributed by atoms with Gasteiger partial charge in [-0.15, -0.1) is 0 Å². The number of nitrogens with zero attached hydrogens (tertiary/aromatic N) is 1. The molecule has 0 saturated carbocycles. The van der Waals surface area contributed by atoms with Gasteiger partial charge in [-0.25, -0.2) is 0 Å². The van der Waals surface area contributed by atoms with Crippen molar-refractivity contribution in [1.29, 1.82) is 0 Å². The van der Waals surface area contributed by atoms with Gasteiger partial charge in [-0.2, -0.15) is 12.6 Å². The molecule has 1 aliphatic rings. The minimum atomic E-state index is -0.0812. The van der Waals surface area contributed by atoms with Crippen LogP contribution in [0.5, 0.6) is 0 Å². The van der Waals surface area contributed by atoms with E-state index < -0.39 is 0 Å². The van der Waals surface area contributed by atoms with E-state index >= 15 is 0 Å². The second-order valence-corrected chi connectivity index (χ2v) is 4.91. The molecule has 3 atom stereocenters. The summed E-state index contributed by atoms with van der Waals surface area (Å²) in [6, 6.07) is 0. The Morgan fingerprint density at radius 3 is 2.79 bits per heavy atom. The van der Waals surface area contributed by atoms with Crippen LogP contribution in [0.3, 0.4) is 0 Å². The highest BCUT2D eigenvalue weighted by atomic mass is 32.1. The maximum atomic E-state index is 9.60. The third-order valence-corrected chi connectivity index (χ3v) is 3.81. The van der Waals surface area contributed by atoms with Gasteiger partial charge in [0.15, 0.2) is 0 Å². The Bertz CT molecular complexity index is 161. The van der Waals surface area contributed by atoms with Gasteiger partial charge in [0.2, 0.25) is 0 Å². The van der Waals surface area contributed by atoms with Crippen molar-refractivity contribution in [1.82, 2.24) is 4.90 Å². The lowest BCUT2D eigenvalue weighted by molar-refractivity contribution is 0.0301. The summed E-state index contributed by atoms with van der Waals surface area (Å²) >= 11 is 4.36. The smallest absolute Gasteiger partial charge is 0.0590 e. The number of aliphatic hydroxyl groups excluding tert-OH is 1. The normalized spacial score (nSPS) is 31.7. The van der Waals surface area contributed by atoms with E-state index in [-0.39, 0.29) is 6.10 Å². The Labute approximate surface area is 93.1 Å². The number of thiol groups is 1. The van der Waals surface area contributed by atoms with Crippen molar-refractivity contribution in [2.75, 3.05) is 25.4 Å². The van der Waals surface area contributed by atoms with Crippen LogP contribution < -0.4 is 0 Å². The van der Waals surface area contributed by atoms with Gasteiger partial charge >= 0.3 is 0 Å². The van der Waals surface area contributed by atoms with Crippen molar-refractivity contribution in [3.05, 3.63) is 0 Å². The Morgan fingerprint density at radius 1 is 1.57 bits per heavy atom. The van der Waals surface area contributed by atoms with Crippen molar-refractivity contribution < 1.29 is 5.11 Å². The molecule has 2 nitrogen and oxygen atoms in total. The maximum Gasteiger partial charge on any atom is 0.0590 e. The molecule has 0 amide bonds. The van der Waals surface area contributed by atoms with Gasteiger partial charge in [0.1, 0.15) is 0 Å². The Kier molecular flexibility index (Phi) is 5.28. The molecule has 0 aliphatic carbocycles. The SMILES string of the molecule is CCC(CS)CN1CCC(O)C(C)C1. The largest absolute Gasteiger partial charge is 0.393 e. The Balaban J connectivity index is 2.32. The predicted molar refractivity (Wildman–Crippen MR) is 63.9 cm³/mol. The van der Waals surface area contributed by atoms with Gasteiger partial charge in [-0.3, -0.25) is 0 Å². The highest BCUT2D eigenvalue weighted by Crippen LogP contribution is 2.18. The average molecular weight is 217 g/mol. The van der Waals surface area contributed by atoms with Gasteiger partial charge in [0.25, 0.3) is 0 Å². The van der Waals surface area contributed by atoms with Crippen LogP contribution in [0.15, 0.2) is 0 Å². The fourth-order valence-corrected chi connectivity index (χ4v) is 2.44. The van der Waals surface area contributed by atoms with E-state index in [9.17, 15) is 5.11 Å². The molecule has 14 heavy (non-hydrogen) atoms. The molecule has 0 aromatic carbocycles. The lowest BCUT2D eigenvalue weighted by atomic mass is 9.95. The first-order chi connectivity index (χ1) is 6.67. The standard InChI is InChI=1S/C11H23NOS/c1-3-10(8-14)7-12-5-4-11(13)9(2)6-12/h9-11,13-14H,3-8H2,1-2H3. The van der Waals surface area contributed by atoms with E-state index in [4.69, 9.17) is 0 Å². The van der Waals surface area contributed by atoms with Crippen molar-refractivity contribution in [3.8, 4) is 0 Å². The highest BCUT2D eigenvalue weighted by Gasteiger charge is 2.24. The second kappa shape index (κ2) is 5.99. The summed E-state index contributed by atoms with van der Waals surface area (Å²) in [4.78, 5) is 2.47. The Hall–Kier alpha value is 0.270. The van der Waals surface area contributed by atoms with Gasteiger partial charge in [0.05, 0.1) is 6.10 Å². The van der Waals surface area contributed by atoms with Crippen LogP contribution >= 0.6 is 12.6 Å². The number of hydrogen-bond acceptors (Lipinski definition) is 3. The predicted octanol–water partition coefficient (Wildman–Crippen LogP) is 1.65. The maximum absolute atomic E-state index is 9.60. The lowest BCUT2D eigenvalue weighted by Crippen LogP contribution is -2.44. The number of hydrogen-bond donors (Lipinski definition) is 2. The van der Waals surface area contributed by atoms with Crippen LogP contribution in [0.4, 0.5) is 0 Å². The van der Waals surface area contributed by atoms with E-state index in [1.54, 1.807) is 0 Å². The van der Waals surface area contributed by atoms with E-state index in [0.29, 0.717) is 11.8 Å². The summed E-state index contributed by atoms with van der Waals surface area (Å²) in [5, 5.41) is 9.60. The zero-order valence-electron chi connectivity index (χ0n) is 9.32. The molecule has 1 aliphatic heterocycles. The molecule has 0 spiro atoms. The minimum absolute atomic E-state index is 0.0812. The van der Waals surface area contributed by atoms with E-state index in [0.717, 1.165) is 31.8 Å². The monoisotopic (exact) mass is 217 g/mol. The molecule has 1 N–H and O–H groups in total. The van der Waals surface area contributed by atoms with Crippen molar-refractivity contribution >= 4 is 12.6 Å². The van der Waals surface area contributed by atoms with Crippen LogP contribution in [0.2, 0.25) is 0 Å². The number of likely N-dealkylation sites (tertiary alicyclic amines) is 1. The summed E-state index contributed by atoms with van der Waals surface area (Å²) < 4.78 is 0. The zero-order chi connectivity index (χ0) is 10.6. The first-order valence-electron chi connectivity index (χ1n) is 5.68. The number of aliphatic hydroxyl groups is 1. The molecule has 1 fully saturated rings. The molecule has 84 valence electrons. The van der Waals surface area contributed by atoms with Gasteiger partial charge in [-0.05, 0) is 24.0 Å². The van der Waals surface area contributed by atoms with E-state index in [1.165, 1.54) is 6.42 Å². The third-order valence-electron chi connectivity index (χ3n) is 3.30. The van der Waals surface area contributed by atoms with Crippen LogP contribution in [0.1, 0.15) is 26.7 Å². The van der Waals surface area contributed by atoms with Crippen LogP contribution in [0.25, 0.3) is 0 Å². The Morgan fingerprint density at radius 2 is 2.29 bits per heavy atom. The summed E-state index contributed by atoms with van der Waals surface area (Å²) in [6.07, 6.45) is 2.06. The van der Waals surface area contributed by atoms with Crippen LogP contribution in [-0.2, 0) is 0 Å². The topological polar surface area (TPSA) is 23.5 Å². The molecule has 3 unspecified atom stereocenters. The molecule has 1 heterocycles. The van der Waals surface area contributed by atoms with Gasteiger partial charge in [0, 0.05) is 19.6 Å². The van der Waals surface area contributed by atoms with Crippen LogP contribution in [0, 0.1) is 11.8 Å². The first kappa shape index (κ1) is 12.3. The van der Waals surface area contributed by atoms with Crippen molar-refractivity contribution in [2.45, 2.75) is 32.8 Å². The molecule has 1 rings (SSSR count). The van der Waals surface area contributed by atoms with Crippen LogP contribution in [-0.4, -0.2) is 41.5 Å². The number of piperidine rings is 1. The van der Waals surface area contributed by atoms with E-state index in [1.807, 2.05) is 0 Å². The molecular weight excluding hydrogens is 194 g/mol. The fourth-order valence-electron chi connectivity index (χ4n) is 2.07. The summed E-state index contributed by atoms with van der Waals surface area (Å²) in [5.41, 5.74) is 0. The molecule has 1 saturated heterocycles. The summed E-state index contributed by atoms with van der Waals surface area (Å²) in [6.45, 7) is 7.61. The lowest BCUT2D eigenvalue weighted by Gasteiger charge is -2.36. The third kappa shape index (κ3) is 3.44. The van der Waals surface area contributed by atoms with Crippen molar-refractivity contribution in [2.24, 2.45) is 11.8 Å². The second-order valence-electron chi connectivity index (χ2n) is 4.55. The van der Waals surface area contributed by atoms with E-state index in [2.05, 4.69) is 31.4 Å².